The van der Waals surface area contributed by atoms with Gasteiger partial charge in [-0.05, 0) is 13.3 Å². The molecule has 3 heteroatoms. The van der Waals surface area contributed by atoms with Gasteiger partial charge in [0.05, 0.1) is 0 Å². The molecule has 0 fully saturated rings. The van der Waals surface area contributed by atoms with Crippen molar-refractivity contribution in [2.75, 3.05) is 37.9 Å². The standard InChI is InChI=1S/C6H15NS2/c1-7(3-5-8)4-6-9-2/h8H,3-6H2,1-2H3. The van der Waals surface area contributed by atoms with Crippen molar-refractivity contribution in [3.8, 4) is 0 Å². The first kappa shape index (κ1) is 9.66. The Hall–Kier alpha value is 0.660. The molecule has 0 atom stereocenters. The third kappa shape index (κ3) is 6.55. The SMILES string of the molecule is CSCCN(C)CCS. The molecular formula is C6H15NS2. The van der Waals surface area contributed by atoms with Crippen LogP contribution in [0.4, 0.5) is 0 Å². The zero-order chi connectivity index (χ0) is 7.11. The van der Waals surface area contributed by atoms with E-state index in [4.69, 9.17) is 0 Å². The molecule has 0 aliphatic heterocycles. The minimum atomic E-state index is 0.963. The predicted molar refractivity (Wildman–Crippen MR) is 49.7 cm³/mol. The van der Waals surface area contributed by atoms with Gasteiger partial charge in [0, 0.05) is 24.6 Å². The van der Waals surface area contributed by atoms with E-state index in [1.165, 1.54) is 12.3 Å². The van der Waals surface area contributed by atoms with Gasteiger partial charge < -0.3 is 4.90 Å². The van der Waals surface area contributed by atoms with Gasteiger partial charge in [-0.3, -0.25) is 0 Å². The Morgan fingerprint density at radius 2 is 2.11 bits per heavy atom. The van der Waals surface area contributed by atoms with E-state index in [-0.39, 0.29) is 0 Å². The van der Waals surface area contributed by atoms with Crippen molar-refractivity contribution < 1.29 is 0 Å². The van der Waals surface area contributed by atoms with Crippen LogP contribution in [0.2, 0.25) is 0 Å². The van der Waals surface area contributed by atoms with Gasteiger partial charge in [0.15, 0.2) is 0 Å². The van der Waals surface area contributed by atoms with Crippen molar-refractivity contribution in [2.24, 2.45) is 0 Å². The fourth-order valence-electron chi connectivity index (χ4n) is 0.530. The molecule has 0 heterocycles. The molecule has 0 spiro atoms. The quantitative estimate of drug-likeness (QED) is 0.610. The fraction of sp³-hybridized carbons (Fsp3) is 1.00. The van der Waals surface area contributed by atoms with Gasteiger partial charge in [0.25, 0.3) is 0 Å². The molecule has 0 saturated heterocycles. The van der Waals surface area contributed by atoms with Gasteiger partial charge >= 0.3 is 0 Å². The molecule has 0 aromatic heterocycles. The topological polar surface area (TPSA) is 3.24 Å². The Labute approximate surface area is 67.6 Å². The minimum Gasteiger partial charge on any atom is -0.305 e. The van der Waals surface area contributed by atoms with Crippen LogP contribution in [0.25, 0.3) is 0 Å². The van der Waals surface area contributed by atoms with E-state index in [1.54, 1.807) is 0 Å². The highest BCUT2D eigenvalue weighted by molar-refractivity contribution is 7.98. The molecule has 0 rings (SSSR count). The molecule has 1 nitrogen and oxygen atoms in total. The number of hydrogen-bond acceptors (Lipinski definition) is 3. The molecule has 0 unspecified atom stereocenters. The largest absolute Gasteiger partial charge is 0.305 e. The van der Waals surface area contributed by atoms with Crippen LogP contribution in [-0.2, 0) is 0 Å². The minimum absolute atomic E-state index is 0.963. The Balaban J connectivity index is 2.95. The molecular weight excluding hydrogens is 150 g/mol. The summed E-state index contributed by atoms with van der Waals surface area (Å²) in [7, 11) is 2.13. The summed E-state index contributed by atoms with van der Waals surface area (Å²) >= 11 is 6.02. The van der Waals surface area contributed by atoms with E-state index in [2.05, 4.69) is 30.8 Å². The molecule has 0 aliphatic rings. The molecule has 0 aliphatic carbocycles. The summed E-state index contributed by atoms with van der Waals surface area (Å²) in [5, 5.41) is 0. The summed E-state index contributed by atoms with van der Waals surface area (Å²) in [5.41, 5.74) is 0. The van der Waals surface area contributed by atoms with Crippen LogP contribution in [0.15, 0.2) is 0 Å². The lowest BCUT2D eigenvalue weighted by Gasteiger charge is -2.13. The smallest absolute Gasteiger partial charge is 0.00695 e. The number of nitrogens with zero attached hydrogens (tertiary/aromatic N) is 1. The van der Waals surface area contributed by atoms with E-state index in [0.717, 1.165) is 12.3 Å². The van der Waals surface area contributed by atoms with Gasteiger partial charge in [-0.1, -0.05) is 0 Å². The second-order valence-electron chi connectivity index (χ2n) is 2.02. The first-order valence-electron chi connectivity index (χ1n) is 3.09. The lowest BCUT2D eigenvalue weighted by molar-refractivity contribution is 0.380. The number of thiol groups is 1. The molecule has 0 aromatic carbocycles. The van der Waals surface area contributed by atoms with E-state index in [0.29, 0.717) is 0 Å². The van der Waals surface area contributed by atoms with Crippen LogP contribution in [-0.4, -0.2) is 42.8 Å². The zero-order valence-corrected chi connectivity index (χ0v) is 7.84. The third-order valence-electron chi connectivity index (χ3n) is 1.16. The highest BCUT2D eigenvalue weighted by atomic mass is 32.2. The maximum Gasteiger partial charge on any atom is 0.00695 e. The summed E-state index contributed by atoms with van der Waals surface area (Å²) < 4.78 is 0. The van der Waals surface area contributed by atoms with Crippen LogP contribution in [0.5, 0.6) is 0 Å². The van der Waals surface area contributed by atoms with Crippen molar-refractivity contribution in [3.05, 3.63) is 0 Å². The summed E-state index contributed by atoms with van der Waals surface area (Å²) in [6.45, 7) is 2.28. The van der Waals surface area contributed by atoms with Crippen molar-refractivity contribution >= 4 is 24.4 Å². The molecule has 56 valence electrons. The van der Waals surface area contributed by atoms with Crippen LogP contribution in [0.1, 0.15) is 0 Å². The van der Waals surface area contributed by atoms with Gasteiger partial charge in [0.1, 0.15) is 0 Å². The Kier molecular flexibility index (Phi) is 7.27. The van der Waals surface area contributed by atoms with E-state index < -0.39 is 0 Å². The lowest BCUT2D eigenvalue weighted by atomic mass is 10.6. The summed E-state index contributed by atoms with van der Waals surface area (Å²) in [5.74, 6) is 2.19. The molecule has 0 saturated carbocycles. The van der Waals surface area contributed by atoms with Crippen molar-refractivity contribution in [1.29, 1.82) is 0 Å². The highest BCUT2D eigenvalue weighted by Gasteiger charge is 1.92. The molecule has 0 radical (unpaired) electrons. The van der Waals surface area contributed by atoms with E-state index in [1.807, 2.05) is 11.8 Å². The first-order valence-corrected chi connectivity index (χ1v) is 5.12. The lowest BCUT2D eigenvalue weighted by Crippen LogP contribution is -2.23. The molecule has 9 heavy (non-hydrogen) atoms. The average Bonchev–Trinajstić information content (AvgIpc) is 1.85. The normalized spacial score (nSPS) is 10.7. The van der Waals surface area contributed by atoms with Gasteiger partial charge in [-0.15, -0.1) is 0 Å². The Morgan fingerprint density at radius 1 is 1.44 bits per heavy atom. The van der Waals surface area contributed by atoms with Gasteiger partial charge in [-0.2, -0.15) is 24.4 Å². The van der Waals surface area contributed by atoms with Crippen LogP contribution >= 0.6 is 24.4 Å². The second-order valence-corrected chi connectivity index (χ2v) is 3.45. The predicted octanol–water partition coefficient (Wildman–Crippen LogP) is 1.21. The summed E-state index contributed by atoms with van der Waals surface area (Å²) in [6, 6.07) is 0. The van der Waals surface area contributed by atoms with Crippen LogP contribution in [0.3, 0.4) is 0 Å². The summed E-state index contributed by atoms with van der Waals surface area (Å²) in [6.07, 6.45) is 2.13. The molecule has 0 bridgehead atoms. The fourth-order valence-corrected chi connectivity index (χ4v) is 1.37. The number of thioether (sulfide) groups is 1. The molecule has 0 N–H and O–H groups in total. The number of hydrogen-bond donors (Lipinski definition) is 1. The van der Waals surface area contributed by atoms with Crippen molar-refractivity contribution in [3.63, 3.8) is 0 Å². The van der Waals surface area contributed by atoms with E-state index >= 15 is 0 Å². The summed E-state index contributed by atoms with van der Waals surface area (Å²) in [4.78, 5) is 2.30. The van der Waals surface area contributed by atoms with E-state index in [9.17, 15) is 0 Å². The second kappa shape index (κ2) is 6.78. The molecule has 0 amide bonds. The maximum absolute atomic E-state index is 4.13. The number of rotatable bonds is 5. The van der Waals surface area contributed by atoms with Crippen molar-refractivity contribution in [1.82, 2.24) is 4.90 Å². The monoisotopic (exact) mass is 165 g/mol. The third-order valence-corrected chi connectivity index (χ3v) is 1.95. The Bertz CT molecular complexity index is 59.0. The first-order chi connectivity index (χ1) is 4.31. The molecule has 0 aromatic rings. The van der Waals surface area contributed by atoms with Gasteiger partial charge in [-0.25, -0.2) is 0 Å². The Morgan fingerprint density at radius 3 is 2.56 bits per heavy atom. The van der Waals surface area contributed by atoms with Crippen molar-refractivity contribution in [2.45, 2.75) is 0 Å². The van der Waals surface area contributed by atoms with Gasteiger partial charge in [0.2, 0.25) is 0 Å². The van der Waals surface area contributed by atoms with Crippen LogP contribution < -0.4 is 0 Å². The zero-order valence-electron chi connectivity index (χ0n) is 6.13. The average molecular weight is 165 g/mol. The maximum atomic E-state index is 4.13. The van der Waals surface area contributed by atoms with Crippen LogP contribution in [0, 0.1) is 0 Å². The highest BCUT2D eigenvalue weighted by Crippen LogP contribution is 1.92.